The first-order valence-corrected chi connectivity index (χ1v) is 5.81. The van der Waals surface area contributed by atoms with E-state index < -0.39 is 23.1 Å². The van der Waals surface area contributed by atoms with Crippen molar-refractivity contribution in [1.29, 1.82) is 0 Å². The summed E-state index contributed by atoms with van der Waals surface area (Å²) in [5.41, 5.74) is -0.257. The van der Waals surface area contributed by atoms with Crippen LogP contribution in [-0.4, -0.2) is 23.1 Å². The Bertz CT molecular complexity index is 532. The molecule has 0 saturated heterocycles. The van der Waals surface area contributed by atoms with Crippen LogP contribution >= 0.6 is 0 Å². The summed E-state index contributed by atoms with van der Waals surface area (Å²) < 4.78 is 5.07. The predicted molar refractivity (Wildman–Crippen MR) is 64.3 cm³/mol. The minimum Gasteiger partial charge on any atom is -0.443 e. The van der Waals surface area contributed by atoms with E-state index >= 15 is 0 Å². The lowest BCUT2D eigenvalue weighted by molar-refractivity contribution is -0.160. The highest BCUT2D eigenvalue weighted by Crippen LogP contribution is 2.32. The predicted octanol–water partition coefficient (Wildman–Crippen LogP) is 1.71. The van der Waals surface area contributed by atoms with Gasteiger partial charge in [-0.3, -0.25) is 14.4 Å². The molecule has 1 aliphatic rings. The van der Waals surface area contributed by atoms with Crippen LogP contribution in [0, 0.1) is 0 Å². The van der Waals surface area contributed by atoms with Crippen LogP contribution in [0.5, 0.6) is 0 Å². The molecule has 0 aliphatic heterocycles. The van der Waals surface area contributed by atoms with E-state index in [2.05, 4.69) is 0 Å². The fourth-order valence-electron chi connectivity index (χ4n) is 2.35. The van der Waals surface area contributed by atoms with Gasteiger partial charge in [-0.1, -0.05) is 24.3 Å². The summed E-state index contributed by atoms with van der Waals surface area (Å²) in [4.78, 5) is 35.3. The van der Waals surface area contributed by atoms with Gasteiger partial charge < -0.3 is 4.74 Å². The number of hydrogen-bond donors (Lipinski definition) is 0. The second-order valence-electron chi connectivity index (χ2n) is 4.46. The number of esters is 1. The molecule has 4 heteroatoms. The maximum atomic E-state index is 12.4. The number of ether oxygens (including phenoxy) is 1. The molecule has 0 N–H and O–H groups in total. The van der Waals surface area contributed by atoms with Crippen LogP contribution in [0.4, 0.5) is 0 Å². The number of Topliss-reactive ketones (excluding diaryl/α,β-unsaturated/α-hetero) is 2. The van der Waals surface area contributed by atoms with Crippen LogP contribution < -0.4 is 0 Å². The van der Waals surface area contributed by atoms with Gasteiger partial charge in [-0.25, -0.2) is 0 Å². The Morgan fingerprint density at radius 3 is 2.50 bits per heavy atom. The number of benzene rings is 1. The van der Waals surface area contributed by atoms with Gasteiger partial charge in [0.1, 0.15) is 0 Å². The highest BCUT2D eigenvalue weighted by Gasteiger charge is 2.49. The first-order valence-electron chi connectivity index (χ1n) is 5.81. The molecule has 1 aromatic carbocycles. The summed E-state index contributed by atoms with van der Waals surface area (Å²) in [7, 11) is 0. The number of aryl methyl sites for hydroxylation is 1. The molecular formula is C14H14O4. The summed E-state index contributed by atoms with van der Waals surface area (Å²) >= 11 is 0. The van der Waals surface area contributed by atoms with Gasteiger partial charge in [0, 0.05) is 18.9 Å². The topological polar surface area (TPSA) is 60.4 Å². The van der Waals surface area contributed by atoms with Crippen molar-refractivity contribution in [2.24, 2.45) is 0 Å². The van der Waals surface area contributed by atoms with Crippen LogP contribution in [0.2, 0.25) is 0 Å². The Hall–Kier alpha value is -1.97. The normalized spacial score (nSPS) is 22.2. The number of rotatable bonds is 2. The number of carbonyl (C=O) groups is 3. The van der Waals surface area contributed by atoms with E-state index in [0.29, 0.717) is 12.0 Å². The molecule has 18 heavy (non-hydrogen) atoms. The van der Waals surface area contributed by atoms with Crippen LogP contribution in [0.1, 0.15) is 36.2 Å². The molecule has 94 valence electrons. The fraction of sp³-hybridized carbons (Fsp3) is 0.357. The fourth-order valence-corrected chi connectivity index (χ4v) is 2.35. The minimum atomic E-state index is -1.62. The highest BCUT2D eigenvalue weighted by atomic mass is 16.6. The third kappa shape index (κ3) is 1.83. The molecule has 0 fully saturated rings. The summed E-state index contributed by atoms with van der Waals surface area (Å²) in [5.74, 6) is -1.44. The van der Waals surface area contributed by atoms with Crippen molar-refractivity contribution in [2.45, 2.75) is 32.3 Å². The number of ketones is 2. The summed E-state index contributed by atoms with van der Waals surface area (Å²) in [6, 6.07) is 7.10. The van der Waals surface area contributed by atoms with Gasteiger partial charge >= 0.3 is 5.97 Å². The zero-order valence-electron chi connectivity index (χ0n) is 10.4. The van der Waals surface area contributed by atoms with Gasteiger partial charge in [0.2, 0.25) is 11.4 Å². The van der Waals surface area contributed by atoms with Gasteiger partial charge in [0.05, 0.1) is 0 Å². The van der Waals surface area contributed by atoms with Crippen LogP contribution in [0.15, 0.2) is 24.3 Å². The molecule has 0 amide bonds. The SMILES string of the molecule is CC(=O)O[C@@]1(C(C)=O)CCc2ccccc2C1=O. The van der Waals surface area contributed by atoms with E-state index in [-0.39, 0.29) is 6.42 Å². The van der Waals surface area contributed by atoms with Crippen LogP contribution in [0.3, 0.4) is 0 Å². The Balaban J connectivity index is 2.50. The molecule has 1 aliphatic carbocycles. The average molecular weight is 246 g/mol. The molecule has 0 saturated carbocycles. The minimum absolute atomic E-state index is 0.220. The maximum absolute atomic E-state index is 12.4. The molecule has 0 heterocycles. The lowest BCUT2D eigenvalue weighted by Gasteiger charge is -2.33. The maximum Gasteiger partial charge on any atom is 0.304 e. The summed E-state index contributed by atoms with van der Waals surface area (Å²) in [6.07, 6.45) is 0.770. The molecule has 0 radical (unpaired) electrons. The summed E-state index contributed by atoms with van der Waals surface area (Å²) in [6.45, 7) is 2.49. The molecular weight excluding hydrogens is 232 g/mol. The third-order valence-corrected chi connectivity index (χ3v) is 3.26. The largest absolute Gasteiger partial charge is 0.443 e. The molecule has 0 unspecified atom stereocenters. The molecule has 0 aromatic heterocycles. The summed E-state index contributed by atoms with van der Waals surface area (Å²) in [5, 5.41) is 0. The first kappa shape index (κ1) is 12.5. The van der Waals surface area contributed by atoms with Crippen molar-refractivity contribution in [3.8, 4) is 0 Å². The lowest BCUT2D eigenvalue weighted by atomic mass is 9.77. The Morgan fingerprint density at radius 1 is 1.22 bits per heavy atom. The molecule has 4 nitrogen and oxygen atoms in total. The van der Waals surface area contributed by atoms with Gasteiger partial charge in [-0.2, -0.15) is 0 Å². The standard InChI is InChI=1S/C14H14O4/c1-9(15)14(18-10(2)16)8-7-11-5-3-4-6-12(11)13(14)17/h3-6H,7-8H2,1-2H3/t14-/m1/s1. The van der Waals surface area contributed by atoms with Gasteiger partial charge in [-0.15, -0.1) is 0 Å². The van der Waals surface area contributed by atoms with Crippen LogP contribution in [-0.2, 0) is 20.7 Å². The molecule has 1 atom stereocenters. The van der Waals surface area contributed by atoms with Crippen molar-refractivity contribution in [1.82, 2.24) is 0 Å². The monoisotopic (exact) mass is 246 g/mol. The third-order valence-electron chi connectivity index (χ3n) is 3.26. The van der Waals surface area contributed by atoms with E-state index in [9.17, 15) is 14.4 Å². The van der Waals surface area contributed by atoms with Gasteiger partial charge in [0.25, 0.3) is 0 Å². The highest BCUT2D eigenvalue weighted by molar-refractivity contribution is 6.19. The Morgan fingerprint density at radius 2 is 1.89 bits per heavy atom. The van der Waals surface area contributed by atoms with E-state index in [1.807, 2.05) is 12.1 Å². The van der Waals surface area contributed by atoms with E-state index in [0.717, 1.165) is 5.56 Å². The van der Waals surface area contributed by atoms with E-state index in [4.69, 9.17) is 4.74 Å². The molecule has 0 bridgehead atoms. The van der Waals surface area contributed by atoms with E-state index in [1.54, 1.807) is 12.1 Å². The second-order valence-corrected chi connectivity index (χ2v) is 4.46. The van der Waals surface area contributed by atoms with Crippen molar-refractivity contribution >= 4 is 17.5 Å². The molecule has 0 spiro atoms. The van der Waals surface area contributed by atoms with Crippen molar-refractivity contribution in [2.75, 3.05) is 0 Å². The number of hydrogen-bond acceptors (Lipinski definition) is 4. The second kappa shape index (κ2) is 4.37. The lowest BCUT2D eigenvalue weighted by Crippen LogP contribution is -2.51. The molecule has 2 rings (SSSR count). The number of carbonyl (C=O) groups excluding carboxylic acids is 3. The van der Waals surface area contributed by atoms with Gasteiger partial charge in [0.15, 0.2) is 5.78 Å². The van der Waals surface area contributed by atoms with Crippen molar-refractivity contribution < 1.29 is 19.1 Å². The van der Waals surface area contributed by atoms with Crippen LogP contribution in [0.25, 0.3) is 0 Å². The molecule has 1 aromatic rings. The quantitative estimate of drug-likeness (QED) is 0.588. The number of fused-ring (bicyclic) bond motifs is 1. The zero-order valence-corrected chi connectivity index (χ0v) is 10.4. The van der Waals surface area contributed by atoms with Gasteiger partial charge in [-0.05, 0) is 18.9 Å². The van der Waals surface area contributed by atoms with Crippen molar-refractivity contribution in [3.63, 3.8) is 0 Å². The average Bonchev–Trinajstić information content (AvgIpc) is 2.32. The Kier molecular flexibility index (Phi) is 3.03. The zero-order chi connectivity index (χ0) is 13.3. The van der Waals surface area contributed by atoms with E-state index in [1.165, 1.54) is 13.8 Å². The smallest absolute Gasteiger partial charge is 0.304 e. The first-order chi connectivity index (χ1) is 8.47. The Labute approximate surface area is 105 Å². The van der Waals surface area contributed by atoms with Crippen molar-refractivity contribution in [3.05, 3.63) is 35.4 Å².